The first-order valence-corrected chi connectivity index (χ1v) is 10.6. The van der Waals surface area contributed by atoms with Gasteiger partial charge in [0.25, 0.3) is 5.91 Å². The Morgan fingerprint density at radius 3 is 2.57 bits per heavy atom. The van der Waals surface area contributed by atoms with Gasteiger partial charge in [-0.1, -0.05) is 37.5 Å². The van der Waals surface area contributed by atoms with Crippen LogP contribution >= 0.6 is 0 Å². The molecule has 1 N–H and O–H groups in total. The summed E-state index contributed by atoms with van der Waals surface area (Å²) in [7, 11) is 0. The standard InChI is InChI=1S/C23H26N4O3/c1-16(21(28)25-23(15-24)12-6-3-7-13-23)30-22(29)20-14-19(17-10-11-17)26-27(20)18-8-4-2-5-9-18/h2,4-5,8-9,14,16-17H,3,6-7,10-13H2,1H3,(H,25,28)/t16-/m1/s1. The quantitative estimate of drug-likeness (QED) is 0.739. The lowest BCUT2D eigenvalue weighted by atomic mass is 9.83. The minimum atomic E-state index is -1.01. The van der Waals surface area contributed by atoms with Crippen LogP contribution in [0.15, 0.2) is 36.4 Å². The topological polar surface area (TPSA) is 97.0 Å². The van der Waals surface area contributed by atoms with Gasteiger partial charge in [0.1, 0.15) is 5.54 Å². The molecule has 1 aromatic heterocycles. The third kappa shape index (κ3) is 4.23. The van der Waals surface area contributed by atoms with Crippen LogP contribution in [0, 0.1) is 11.3 Å². The van der Waals surface area contributed by atoms with Crippen LogP contribution in [0.3, 0.4) is 0 Å². The van der Waals surface area contributed by atoms with Gasteiger partial charge in [0, 0.05) is 5.92 Å². The minimum absolute atomic E-state index is 0.301. The van der Waals surface area contributed by atoms with Gasteiger partial charge in [0.15, 0.2) is 11.8 Å². The van der Waals surface area contributed by atoms with Gasteiger partial charge in [-0.15, -0.1) is 0 Å². The molecule has 0 radical (unpaired) electrons. The van der Waals surface area contributed by atoms with Crippen molar-refractivity contribution in [3.63, 3.8) is 0 Å². The number of nitrogens with zero attached hydrogens (tertiary/aromatic N) is 3. The Balaban J connectivity index is 1.49. The van der Waals surface area contributed by atoms with Gasteiger partial charge in [0.2, 0.25) is 0 Å². The molecule has 30 heavy (non-hydrogen) atoms. The van der Waals surface area contributed by atoms with Crippen molar-refractivity contribution in [3.05, 3.63) is 47.8 Å². The lowest BCUT2D eigenvalue weighted by Crippen LogP contribution is -2.52. The van der Waals surface area contributed by atoms with Gasteiger partial charge in [-0.05, 0) is 50.8 Å². The van der Waals surface area contributed by atoms with Crippen LogP contribution in [-0.4, -0.2) is 33.3 Å². The molecule has 1 amide bonds. The lowest BCUT2D eigenvalue weighted by molar-refractivity contribution is -0.130. The number of nitriles is 1. The van der Waals surface area contributed by atoms with Crippen LogP contribution in [0.1, 0.15) is 74.0 Å². The molecule has 1 atom stereocenters. The Morgan fingerprint density at radius 2 is 1.93 bits per heavy atom. The predicted molar refractivity (Wildman–Crippen MR) is 110 cm³/mol. The summed E-state index contributed by atoms with van der Waals surface area (Å²) in [6, 6.07) is 13.4. The number of nitrogens with one attached hydrogen (secondary N) is 1. The van der Waals surface area contributed by atoms with Crippen molar-refractivity contribution in [2.45, 2.75) is 69.4 Å². The predicted octanol–water partition coefficient (Wildman–Crippen LogP) is 3.64. The minimum Gasteiger partial charge on any atom is -0.448 e. The number of hydrogen-bond donors (Lipinski definition) is 1. The van der Waals surface area contributed by atoms with E-state index in [1.54, 1.807) is 10.7 Å². The van der Waals surface area contributed by atoms with E-state index in [0.29, 0.717) is 24.5 Å². The molecule has 0 saturated heterocycles. The van der Waals surface area contributed by atoms with Gasteiger partial charge in [-0.2, -0.15) is 10.4 Å². The average Bonchev–Trinajstić information content (AvgIpc) is 3.53. The smallest absolute Gasteiger partial charge is 0.357 e. The fourth-order valence-corrected chi connectivity index (χ4v) is 3.92. The van der Waals surface area contributed by atoms with Gasteiger partial charge in [-0.25, -0.2) is 9.48 Å². The van der Waals surface area contributed by atoms with E-state index in [1.165, 1.54) is 6.92 Å². The molecule has 1 aromatic carbocycles. The molecule has 4 rings (SSSR count). The summed E-state index contributed by atoms with van der Waals surface area (Å²) < 4.78 is 7.07. The largest absolute Gasteiger partial charge is 0.448 e. The van der Waals surface area contributed by atoms with E-state index >= 15 is 0 Å². The van der Waals surface area contributed by atoms with E-state index in [4.69, 9.17) is 4.74 Å². The second-order valence-corrected chi connectivity index (χ2v) is 8.27. The van der Waals surface area contributed by atoms with Crippen molar-refractivity contribution in [2.75, 3.05) is 0 Å². The molecule has 7 nitrogen and oxygen atoms in total. The molecule has 2 aliphatic rings. The molecule has 2 aliphatic carbocycles. The number of rotatable bonds is 6. The Morgan fingerprint density at radius 1 is 1.23 bits per heavy atom. The first kappa shape index (κ1) is 20.1. The molecule has 2 aromatic rings. The zero-order valence-corrected chi connectivity index (χ0v) is 17.1. The zero-order valence-electron chi connectivity index (χ0n) is 17.1. The van der Waals surface area contributed by atoms with Crippen LogP contribution in [0.25, 0.3) is 5.69 Å². The Kier molecular flexibility index (Phi) is 5.58. The highest BCUT2D eigenvalue weighted by Gasteiger charge is 2.36. The van der Waals surface area contributed by atoms with Crippen molar-refractivity contribution in [1.82, 2.24) is 15.1 Å². The van der Waals surface area contributed by atoms with Gasteiger partial charge in [-0.3, -0.25) is 4.79 Å². The van der Waals surface area contributed by atoms with Crippen LogP contribution in [0.4, 0.5) is 0 Å². The SMILES string of the molecule is C[C@@H](OC(=O)c1cc(C2CC2)nn1-c1ccccc1)C(=O)NC1(C#N)CCCCC1. The number of ether oxygens (including phenoxy) is 1. The Bertz CT molecular complexity index is 966. The fraction of sp³-hybridized carbons (Fsp3) is 0.478. The third-order valence-electron chi connectivity index (χ3n) is 5.87. The summed E-state index contributed by atoms with van der Waals surface area (Å²) in [5, 5.41) is 17.0. The zero-order chi connectivity index (χ0) is 21.1. The molecular weight excluding hydrogens is 380 g/mol. The molecule has 0 spiro atoms. The van der Waals surface area contributed by atoms with Crippen LogP contribution < -0.4 is 5.32 Å². The van der Waals surface area contributed by atoms with Gasteiger partial charge in [0.05, 0.1) is 17.5 Å². The van der Waals surface area contributed by atoms with E-state index in [2.05, 4.69) is 16.5 Å². The summed E-state index contributed by atoms with van der Waals surface area (Å²) in [6.07, 6.45) is 5.25. The summed E-state index contributed by atoms with van der Waals surface area (Å²) >= 11 is 0. The Labute approximate surface area is 176 Å². The lowest BCUT2D eigenvalue weighted by Gasteiger charge is -2.32. The monoisotopic (exact) mass is 406 g/mol. The summed E-state index contributed by atoms with van der Waals surface area (Å²) in [5.41, 5.74) is 1.07. The average molecular weight is 406 g/mol. The van der Waals surface area contributed by atoms with Gasteiger partial charge >= 0.3 is 5.97 Å². The number of para-hydroxylation sites is 1. The first-order chi connectivity index (χ1) is 14.5. The summed E-state index contributed by atoms with van der Waals surface area (Å²) in [6.45, 7) is 1.53. The van der Waals surface area contributed by atoms with Gasteiger partial charge < -0.3 is 10.1 Å². The van der Waals surface area contributed by atoms with Crippen LogP contribution in [0.5, 0.6) is 0 Å². The van der Waals surface area contributed by atoms with E-state index < -0.39 is 23.5 Å². The molecule has 156 valence electrons. The molecule has 1 heterocycles. The molecule has 0 aliphatic heterocycles. The molecule has 2 saturated carbocycles. The molecular formula is C23H26N4O3. The van der Waals surface area contributed by atoms with Crippen molar-refractivity contribution < 1.29 is 14.3 Å². The second kappa shape index (κ2) is 8.31. The number of carbonyl (C=O) groups excluding carboxylic acids is 2. The maximum absolute atomic E-state index is 12.9. The number of aromatic nitrogens is 2. The number of benzene rings is 1. The van der Waals surface area contributed by atoms with Crippen LogP contribution in [-0.2, 0) is 9.53 Å². The third-order valence-corrected chi connectivity index (χ3v) is 5.87. The number of esters is 1. The maximum atomic E-state index is 12.9. The molecule has 7 heteroatoms. The molecule has 0 unspecified atom stereocenters. The highest BCUT2D eigenvalue weighted by molar-refractivity contribution is 5.91. The normalized spacial score (nSPS) is 18.8. The first-order valence-electron chi connectivity index (χ1n) is 10.6. The van der Waals surface area contributed by atoms with Crippen molar-refractivity contribution in [2.24, 2.45) is 0 Å². The Hall–Kier alpha value is -3.14. The summed E-state index contributed by atoms with van der Waals surface area (Å²) in [5.74, 6) is -0.667. The van der Waals surface area contributed by atoms with E-state index in [-0.39, 0.29) is 0 Å². The van der Waals surface area contributed by atoms with Crippen molar-refractivity contribution in [1.29, 1.82) is 5.26 Å². The van der Waals surface area contributed by atoms with Crippen molar-refractivity contribution >= 4 is 11.9 Å². The van der Waals surface area contributed by atoms with E-state index in [1.807, 2.05) is 30.3 Å². The number of amides is 1. The second-order valence-electron chi connectivity index (χ2n) is 8.27. The fourth-order valence-electron chi connectivity index (χ4n) is 3.92. The highest BCUT2D eigenvalue weighted by Crippen LogP contribution is 2.39. The van der Waals surface area contributed by atoms with Crippen molar-refractivity contribution in [3.8, 4) is 11.8 Å². The number of hydrogen-bond acceptors (Lipinski definition) is 5. The number of carbonyl (C=O) groups is 2. The summed E-state index contributed by atoms with van der Waals surface area (Å²) in [4.78, 5) is 25.6. The molecule has 0 bridgehead atoms. The highest BCUT2D eigenvalue weighted by atomic mass is 16.5. The van der Waals surface area contributed by atoms with Crippen LogP contribution in [0.2, 0.25) is 0 Å². The van der Waals surface area contributed by atoms with E-state index in [0.717, 1.165) is 43.5 Å². The maximum Gasteiger partial charge on any atom is 0.357 e. The molecule has 2 fully saturated rings. The van der Waals surface area contributed by atoms with E-state index in [9.17, 15) is 14.9 Å².